The van der Waals surface area contributed by atoms with Crippen LogP contribution in [0.4, 0.5) is 0 Å². The minimum Gasteiger partial charge on any atom is -0.493 e. The molecular weight excluding hydrogens is 340 g/mol. The Labute approximate surface area is 157 Å². The number of hydrogen-bond donors (Lipinski definition) is 0. The summed E-state index contributed by atoms with van der Waals surface area (Å²) in [6.45, 7) is 4.00. The second-order valence-electron chi connectivity index (χ2n) is 6.43. The molecule has 0 radical (unpaired) electrons. The maximum Gasteiger partial charge on any atom is 0.161 e. The van der Waals surface area contributed by atoms with Crippen molar-refractivity contribution < 1.29 is 13.9 Å². The highest BCUT2D eigenvalue weighted by atomic mass is 16.5. The SMILES string of the molecule is COc1cc2cc(-c3ncc(C)c(C)n3)cc(-c3ccoc3)c2cc1OC. The predicted molar refractivity (Wildman–Crippen MR) is 105 cm³/mol. The highest BCUT2D eigenvalue weighted by molar-refractivity contribution is 6.01. The van der Waals surface area contributed by atoms with Gasteiger partial charge in [0.2, 0.25) is 0 Å². The van der Waals surface area contributed by atoms with Crippen LogP contribution >= 0.6 is 0 Å². The summed E-state index contributed by atoms with van der Waals surface area (Å²) in [5, 5.41) is 2.06. The monoisotopic (exact) mass is 360 g/mol. The smallest absolute Gasteiger partial charge is 0.161 e. The molecular formula is C22H20N2O3. The van der Waals surface area contributed by atoms with Crippen molar-refractivity contribution in [2.24, 2.45) is 0 Å². The molecule has 0 amide bonds. The van der Waals surface area contributed by atoms with E-state index in [-0.39, 0.29) is 0 Å². The normalized spacial score (nSPS) is 11.0. The van der Waals surface area contributed by atoms with Crippen LogP contribution in [0.25, 0.3) is 33.3 Å². The molecule has 0 spiro atoms. The zero-order valence-electron chi connectivity index (χ0n) is 15.7. The van der Waals surface area contributed by atoms with E-state index >= 15 is 0 Å². The summed E-state index contributed by atoms with van der Waals surface area (Å²) in [7, 11) is 3.27. The molecule has 2 heterocycles. The molecule has 4 rings (SSSR count). The van der Waals surface area contributed by atoms with Crippen molar-refractivity contribution in [3.8, 4) is 34.0 Å². The van der Waals surface area contributed by atoms with Gasteiger partial charge in [0.25, 0.3) is 0 Å². The number of nitrogens with zero attached hydrogens (tertiary/aromatic N) is 2. The number of furan rings is 1. The van der Waals surface area contributed by atoms with E-state index in [4.69, 9.17) is 13.9 Å². The molecule has 5 nitrogen and oxygen atoms in total. The van der Waals surface area contributed by atoms with Crippen LogP contribution in [0, 0.1) is 13.8 Å². The van der Waals surface area contributed by atoms with E-state index in [0.29, 0.717) is 17.3 Å². The number of ether oxygens (including phenoxy) is 2. The molecule has 0 unspecified atom stereocenters. The van der Waals surface area contributed by atoms with Crippen LogP contribution in [-0.2, 0) is 0 Å². The van der Waals surface area contributed by atoms with Crippen molar-refractivity contribution in [3.05, 3.63) is 60.3 Å². The molecule has 27 heavy (non-hydrogen) atoms. The van der Waals surface area contributed by atoms with Gasteiger partial charge in [0.1, 0.15) is 0 Å². The lowest BCUT2D eigenvalue weighted by molar-refractivity contribution is 0.356. The highest BCUT2D eigenvalue weighted by Gasteiger charge is 2.14. The molecule has 0 aliphatic rings. The van der Waals surface area contributed by atoms with E-state index in [2.05, 4.69) is 22.1 Å². The molecule has 2 aromatic heterocycles. The Morgan fingerprint density at radius 2 is 1.70 bits per heavy atom. The van der Waals surface area contributed by atoms with E-state index in [1.54, 1.807) is 26.7 Å². The van der Waals surface area contributed by atoms with Gasteiger partial charge in [0.15, 0.2) is 17.3 Å². The number of benzene rings is 2. The molecule has 0 fully saturated rings. The highest BCUT2D eigenvalue weighted by Crippen LogP contribution is 2.39. The number of hydrogen-bond acceptors (Lipinski definition) is 5. The fourth-order valence-electron chi connectivity index (χ4n) is 3.14. The van der Waals surface area contributed by atoms with Crippen LogP contribution in [0.15, 0.2) is 53.5 Å². The lowest BCUT2D eigenvalue weighted by Crippen LogP contribution is -1.96. The second kappa shape index (κ2) is 6.76. The van der Waals surface area contributed by atoms with Crippen molar-refractivity contribution in [1.29, 1.82) is 0 Å². The topological polar surface area (TPSA) is 57.4 Å². The third-order valence-electron chi connectivity index (χ3n) is 4.77. The summed E-state index contributed by atoms with van der Waals surface area (Å²) in [6, 6.07) is 10.1. The first-order valence-corrected chi connectivity index (χ1v) is 8.63. The second-order valence-corrected chi connectivity index (χ2v) is 6.43. The van der Waals surface area contributed by atoms with Gasteiger partial charge in [-0.1, -0.05) is 0 Å². The zero-order chi connectivity index (χ0) is 19.0. The third kappa shape index (κ3) is 3.01. The molecule has 5 heteroatoms. The lowest BCUT2D eigenvalue weighted by Gasteiger charge is -2.13. The average Bonchev–Trinajstić information content (AvgIpc) is 3.22. The van der Waals surface area contributed by atoms with E-state index in [1.165, 1.54) is 0 Å². The lowest BCUT2D eigenvalue weighted by atomic mass is 9.96. The molecule has 0 aliphatic heterocycles. The van der Waals surface area contributed by atoms with Crippen molar-refractivity contribution in [2.45, 2.75) is 13.8 Å². The first kappa shape index (κ1) is 17.1. The largest absolute Gasteiger partial charge is 0.493 e. The van der Waals surface area contributed by atoms with Crippen LogP contribution < -0.4 is 9.47 Å². The first-order valence-electron chi connectivity index (χ1n) is 8.63. The fourth-order valence-corrected chi connectivity index (χ4v) is 3.14. The predicted octanol–water partition coefficient (Wildman–Crippen LogP) is 5.19. The van der Waals surface area contributed by atoms with Gasteiger partial charge in [-0.05, 0) is 66.1 Å². The van der Waals surface area contributed by atoms with Crippen LogP contribution in [0.2, 0.25) is 0 Å². The molecule has 4 aromatic rings. The third-order valence-corrected chi connectivity index (χ3v) is 4.77. The Morgan fingerprint density at radius 3 is 2.37 bits per heavy atom. The van der Waals surface area contributed by atoms with Gasteiger partial charge < -0.3 is 13.9 Å². The van der Waals surface area contributed by atoms with Crippen molar-refractivity contribution in [1.82, 2.24) is 9.97 Å². The Morgan fingerprint density at radius 1 is 0.926 bits per heavy atom. The minimum absolute atomic E-state index is 0.682. The minimum atomic E-state index is 0.682. The Hall–Kier alpha value is -3.34. The van der Waals surface area contributed by atoms with Gasteiger partial charge in [-0.3, -0.25) is 0 Å². The van der Waals surface area contributed by atoms with Crippen molar-refractivity contribution in [2.75, 3.05) is 14.2 Å². The van der Waals surface area contributed by atoms with E-state index < -0.39 is 0 Å². The van der Waals surface area contributed by atoms with E-state index in [0.717, 1.165) is 38.7 Å². The van der Waals surface area contributed by atoms with Crippen molar-refractivity contribution >= 4 is 10.8 Å². The molecule has 0 bridgehead atoms. The van der Waals surface area contributed by atoms with Crippen LogP contribution in [0.5, 0.6) is 11.5 Å². The summed E-state index contributed by atoms with van der Waals surface area (Å²) < 4.78 is 16.3. The Bertz CT molecular complexity index is 1120. The maximum atomic E-state index is 5.49. The average molecular weight is 360 g/mol. The molecule has 0 saturated carbocycles. The van der Waals surface area contributed by atoms with Gasteiger partial charge in [-0.2, -0.15) is 0 Å². The molecule has 0 N–H and O–H groups in total. The summed E-state index contributed by atoms with van der Waals surface area (Å²) >= 11 is 0. The van der Waals surface area contributed by atoms with Crippen LogP contribution in [0.3, 0.4) is 0 Å². The number of aromatic nitrogens is 2. The zero-order valence-corrected chi connectivity index (χ0v) is 15.7. The molecule has 2 aromatic carbocycles. The van der Waals surface area contributed by atoms with Gasteiger partial charge in [-0.15, -0.1) is 0 Å². The first-order chi connectivity index (χ1) is 13.1. The fraction of sp³-hybridized carbons (Fsp3) is 0.182. The summed E-state index contributed by atoms with van der Waals surface area (Å²) in [5.41, 5.74) is 4.99. The summed E-state index contributed by atoms with van der Waals surface area (Å²) in [4.78, 5) is 9.18. The van der Waals surface area contributed by atoms with Gasteiger partial charge >= 0.3 is 0 Å². The number of aryl methyl sites for hydroxylation is 2. The van der Waals surface area contributed by atoms with Crippen molar-refractivity contribution in [3.63, 3.8) is 0 Å². The summed E-state index contributed by atoms with van der Waals surface area (Å²) in [5.74, 6) is 2.06. The molecule has 136 valence electrons. The Balaban J connectivity index is 2.02. The standard InChI is InChI=1S/C22H20N2O3/c1-13-11-23-22(24-14(13)2)17-7-16-9-20(25-3)21(26-4)10-19(16)18(8-17)15-5-6-27-12-15/h5-12H,1-4H3. The Kier molecular flexibility index (Phi) is 4.28. The van der Waals surface area contributed by atoms with Crippen LogP contribution in [0.1, 0.15) is 11.3 Å². The van der Waals surface area contributed by atoms with Crippen LogP contribution in [-0.4, -0.2) is 24.2 Å². The van der Waals surface area contributed by atoms with E-state index in [1.807, 2.05) is 38.2 Å². The number of fused-ring (bicyclic) bond motifs is 1. The molecule has 0 atom stereocenters. The van der Waals surface area contributed by atoms with Gasteiger partial charge in [0.05, 0.1) is 26.7 Å². The quantitative estimate of drug-likeness (QED) is 0.501. The van der Waals surface area contributed by atoms with E-state index in [9.17, 15) is 0 Å². The van der Waals surface area contributed by atoms with Gasteiger partial charge in [0, 0.05) is 23.0 Å². The molecule has 0 saturated heterocycles. The maximum absolute atomic E-state index is 5.49. The number of methoxy groups -OCH3 is 2. The molecule has 0 aliphatic carbocycles. The summed E-state index contributed by atoms with van der Waals surface area (Å²) in [6.07, 6.45) is 5.26. The number of rotatable bonds is 4. The van der Waals surface area contributed by atoms with Gasteiger partial charge in [-0.25, -0.2) is 9.97 Å².